The largest absolute Gasteiger partial charge is 0.356 e. The molecule has 158 valence electrons. The lowest BCUT2D eigenvalue weighted by molar-refractivity contribution is -0.132. The maximum Gasteiger partial charge on any atom is 0.222 e. The number of carbonyl (C=O) groups is 1. The Morgan fingerprint density at radius 3 is 2.72 bits per heavy atom. The van der Waals surface area contributed by atoms with Crippen molar-refractivity contribution < 1.29 is 4.79 Å². The van der Waals surface area contributed by atoms with Gasteiger partial charge >= 0.3 is 0 Å². The maximum absolute atomic E-state index is 12.5. The monoisotopic (exact) mass is 526 g/mol. The van der Waals surface area contributed by atoms with Crippen molar-refractivity contribution in [3.05, 3.63) is 57.8 Å². The number of carbonyl (C=O) groups excluding carboxylic acids is 1. The fourth-order valence-corrected chi connectivity index (χ4v) is 4.24. The molecule has 1 aromatic carbocycles. The minimum atomic E-state index is 0. The van der Waals surface area contributed by atoms with Crippen molar-refractivity contribution in [2.24, 2.45) is 4.99 Å². The van der Waals surface area contributed by atoms with Gasteiger partial charge in [-0.3, -0.25) is 9.79 Å². The van der Waals surface area contributed by atoms with E-state index in [-0.39, 0.29) is 29.9 Å². The summed E-state index contributed by atoms with van der Waals surface area (Å²) in [5, 5.41) is 8.79. The number of hydrogen-bond acceptors (Lipinski definition) is 3. The smallest absolute Gasteiger partial charge is 0.222 e. The van der Waals surface area contributed by atoms with Gasteiger partial charge in [-0.2, -0.15) is 0 Å². The van der Waals surface area contributed by atoms with Crippen molar-refractivity contribution in [1.82, 2.24) is 15.5 Å². The second-order valence-corrected chi connectivity index (χ2v) is 8.21. The zero-order chi connectivity index (χ0) is 19.8. The van der Waals surface area contributed by atoms with Gasteiger partial charge in [0, 0.05) is 50.4 Å². The first-order valence-corrected chi connectivity index (χ1v) is 10.9. The van der Waals surface area contributed by atoms with Crippen molar-refractivity contribution in [3.8, 4) is 0 Å². The molecule has 1 atom stereocenters. The molecule has 29 heavy (non-hydrogen) atoms. The van der Waals surface area contributed by atoms with E-state index in [1.165, 1.54) is 16.0 Å². The molecule has 2 heterocycles. The van der Waals surface area contributed by atoms with Gasteiger partial charge in [0.25, 0.3) is 0 Å². The van der Waals surface area contributed by atoms with Gasteiger partial charge in [0.1, 0.15) is 0 Å². The van der Waals surface area contributed by atoms with E-state index in [0.29, 0.717) is 12.3 Å². The van der Waals surface area contributed by atoms with Gasteiger partial charge in [-0.15, -0.1) is 35.3 Å². The topological polar surface area (TPSA) is 56.7 Å². The fourth-order valence-electron chi connectivity index (χ4n) is 3.46. The number of benzene rings is 1. The highest BCUT2D eigenvalue weighted by Crippen LogP contribution is 2.20. The van der Waals surface area contributed by atoms with Crippen LogP contribution in [-0.4, -0.2) is 43.4 Å². The van der Waals surface area contributed by atoms with Crippen LogP contribution in [0.5, 0.6) is 0 Å². The first-order chi connectivity index (χ1) is 13.7. The molecule has 1 amide bonds. The predicted octanol–water partition coefficient (Wildman–Crippen LogP) is 4.00. The van der Waals surface area contributed by atoms with Crippen LogP contribution in [0.2, 0.25) is 0 Å². The average Bonchev–Trinajstić information content (AvgIpc) is 3.27. The zero-order valence-electron chi connectivity index (χ0n) is 17.2. The van der Waals surface area contributed by atoms with Crippen LogP contribution in [0, 0.1) is 0 Å². The van der Waals surface area contributed by atoms with Crippen LogP contribution in [-0.2, 0) is 17.8 Å². The summed E-state index contributed by atoms with van der Waals surface area (Å²) < 4.78 is 0. The molecule has 0 bridgehead atoms. The molecule has 0 saturated heterocycles. The summed E-state index contributed by atoms with van der Waals surface area (Å²) in [7, 11) is 1.78. The number of nitrogens with one attached hydrogen (secondary N) is 2. The normalized spacial score (nSPS) is 14.6. The molecule has 0 saturated carbocycles. The van der Waals surface area contributed by atoms with Crippen molar-refractivity contribution in [2.75, 3.05) is 26.7 Å². The number of guanidine groups is 1. The van der Waals surface area contributed by atoms with Crippen molar-refractivity contribution in [1.29, 1.82) is 0 Å². The van der Waals surface area contributed by atoms with Crippen LogP contribution < -0.4 is 10.6 Å². The molecular formula is C22H31IN4OS. The minimum Gasteiger partial charge on any atom is -0.356 e. The number of hydrogen-bond donors (Lipinski definition) is 2. The van der Waals surface area contributed by atoms with Crippen LogP contribution in [0.15, 0.2) is 46.8 Å². The Morgan fingerprint density at radius 1 is 1.21 bits per heavy atom. The highest BCUT2D eigenvalue weighted by atomic mass is 127. The maximum atomic E-state index is 12.5. The molecular weight excluding hydrogens is 495 g/mol. The summed E-state index contributed by atoms with van der Waals surface area (Å²) in [5.41, 5.74) is 2.66. The molecule has 7 heteroatoms. The number of rotatable bonds is 7. The summed E-state index contributed by atoms with van der Waals surface area (Å²) in [6.07, 6.45) is 2.33. The van der Waals surface area contributed by atoms with Crippen LogP contribution in [0.1, 0.15) is 41.7 Å². The molecule has 0 aliphatic carbocycles. The van der Waals surface area contributed by atoms with Gasteiger partial charge in [0.2, 0.25) is 5.91 Å². The summed E-state index contributed by atoms with van der Waals surface area (Å²) in [5.74, 6) is 1.48. The highest BCUT2D eigenvalue weighted by Gasteiger charge is 2.19. The molecule has 3 rings (SSSR count). The molecule has 0 radical (unpaired) electrons. The molecule has 1 unspecified atom stereocenters. The van der Waals surface area contributed by atoms with Crippen molar-refractivity contribution in [3.63, 3.8) is 0 Å². The third-order valence-electron chi connectivity index (χ3n) is 5.17. The highest BCUT2D eigenvalue weighted by molar-refractivity contribution is 14.0. The van der Waals surface area contributed by atoms with Gasteiger partial charge in [-0.1, -0.05) is 37.3 Å². The molecule has 2 aromatic rings. The lowest BCUT2D eigenvalue weighted by atomic mass is 9.99. The fraction of sp³-hybridized carbons (Fsp3) is 0.455. The Labute approximate surface area is 195 Å². The lowest BCUT2D eigenvalue weighted by Crippen LogP contribution is -2.40. The molecule has 5 nitrogen and oxygen atoms in total. The quantitative estimate of drug-likeness (QED) is 0.248. The van der Waals surface area contributed by atoms with E-state index in [2.05, 4.69) is 64.3 Å². The Bertz CT molecular complexity index is 794. The second kappa shape index (κ2) is 12.2. The van der Waals surface area contributed by atoms with Crippen molar-refractivity contribution in [2.45, 2.75) is 38.6 Å². The average molecular weight is 526 g/mol. The van der Waals surface area contributed by atoms with Crippen LogP contribution in [0.3, 0.4) is 0 Å². The Balaban J connectivity index is 0.00000300. The van der Waals surface area contributed by atoms with Gasteiger partial charge in [-0.25, -0.2) is 0 Å². The zero-order valence-corrected chi connectivity index (χ0v) is 20.3. The van der Waals surface area contributed by atoms with E-state index in [0.717, 1.165) is 45.0 Å². The molecule has 1 aromatic heterocycles. The number of halogens is 1. The lowest BCUT2D eigenvalue weighted by Gasteiger charge is -2.29. The van der Waals surface area contributed by atoms with Crippen LogP contribution in [0.4, 0.5) is 0 Å². The van der Waals surface area contributed by atoms with E-state index in [1.54, 1.807) is 18.4 Å². The first-order valence-electron chi connectivity index (χ1n) is 10.00. The molecule has 1 aliphatic heterocycles. The van der Waals surface area contributed by atoms with E-state index >= 15 is 0 Å². The molecule has 1 aliphatic rings. The number of nitrogens with zero attached hydrogens (tertiary/aromatic N) is 2. The summed E-state index contributed by atoms with van der Waals surface area (Å²) in [4.78, 5) is 20.2. The van der Waals surface area contributed by atoms with Gasteiger partial charge in [0.05, 0.1) is 0 Å². The number of fused-ring (bicyclic) bond motifs is 1. The predicted molar refractivity (Wildman–Crippen MR) is 132 cm³/mol. The Morgan fingerprint density at radius 2 is 2.00 bits per heavy atom. The van der Waals surface area contributed by atoms with Crippen LogP contribution >= 0.6 is 35.3 Å². The Kier molecular flexibility index (Phi) is 9.93. The summed E-state index contributed by atoms with van der Waals surface area (Å²) in [6, 6.07) is 12.7. The summed E-state index contributed by atoms with van der Waals surface area (Å²) >= 11 is 1.78. The summed E-state index contributed by atoms with van der Waals surface area (Å²) in [6.45, 7) is 5.36. The van der Waals surface area contributed by atoms with Crippen LogP contribution in [0.25, 0.3) is 0 Å². The number of thiophene rings is 1. The van der Waals surface area contributed by atoms with E-state index in [9.17, 15) is 4.79 Å². The number of aliphatic imine (C=N–C) groups is 1. The Hall–Kier alpha value is -1.61. The first kappa shape index (κ1) is 23.7. The van der Waals surface area contributed by atoms with Crippen molar-refractivity contribution >= 4 is 47.2 Å². The third kappa shape index (κ3) is 6.99. The SMILES string of the molecule is CN=C(NCCCC(=O)N1CCc2ccccc2C1)NCC(C)c1cccs1.I. The molecule has 2 N–H and O–H groups in total. The number of amides is 1. The van der Waals surface area contributed by atoms with E-state index in [1.807, 2.05) is 4.90 Å². The molecule has 0 spiro atoms. The minimum absolute atomic E-state index is 0. The standard InChI is InChI=1S/C22H30N4OS.HI/c1-17(20-9-6-14-28-20)15-25-22(23-2)24-12-5-10-21(27)26-13-11-18-7-3-4-8-19(18)16-26;/h3-4,6-9,14,17H,5,10-13,15-16H2,1-2H3,(H2,23,24,25);1H. The van der Waals surface area contributed by atoms with E-state index < -0.39 is 0 Å². The molecule has 0 fully saturated rings. The second-order valence-electron chi connectivity index (χ2n) is 7.23. The van der Waals surface area contributed by atoms with Gasteiger partial charge < -0.3 is 15.5 Å². The third-order valence-corrected chi connectivity index (χ3v) is 6.28. The van der Waals surface area contributed by atoms with Gasteiger partial charge in [0.15, 0.2) is 5.96 Å². The van der Waals surface area contributed by atoms with E-state index in [4.69, 9.17) is 0 Å². The van der Waals surface area contributed by atoms with Gasteiger partial charge in [-0.05, 0) is 35.4 Å².